The smallest absolute Gasteiger partial charge is 0.224 e. The summed E-state index contributed by atoms with van der Waals surface area (Å²) in [5.41, 5.74) is 2.49. The fourth-order valence-electron chi connectivity index (χ4n) is 2.81. The van der Waals surface area contributed by atoms with Gasteiger partial charge in [-0.15, -0.1) is 0 Å². The number of hydrogen-bond acceptors (Lipinski definition) is 4. The second-order valence-corrected chi connectivity index (χ2v) is 6.52. The number of nitrogens with one attached hydrogen (secondary N) is 1. The fraction of sp³-hybridized carbons (Fsp3) is 0.412. The van der Waals surface area contributed by atoms with Crippen LogP contribution in [0.15, 0.2) is 36.7 Å². The molecule has 0 bridgehead atoms. The van der Waals surface area contributed by atoms with E-state index in [0.29, 0.717) is 0 Å². The Labute approximate surface area is 136 Å². The topological polar surface area (TPSA) is 41.1 Å². The maximum absolute atomic E-state index is 6.00. The van der Waals surface area contributed by atoms with Gasteiger partial charge in [-0.2, -0.15) is 0 Å². The van der Waals surface area contributed by atoms with Crippen molar-refractivity contribution < 1.29 is 0 Å². The monoisotopic (exact) mass is 316 g/mol. The summed E-state index contributed by atoms with van der Waals surface area (Å²) in [6.45, 7) is 0.774. The van der Waals surface area contributed by atoms with Crippen LogP contribution in [0.2, 0.25) is 5.02 Å². The van der Waals surface area contributed by atoms with Crippen molar-refractivity contribution in [2.24, 2.45) is 0 Å². The van der Waals surface area contributed by atoms with Crippen LogP contribution in [0, 0.1) is 0 Å². The van der Waals surface area contributed by atoms with E-state index in [9.17, 15) is 0 Å². The van der Waals surface area contributed by atoms with Crippen LogP contribution >= 0.6 is 11.6 Å². The molecule has 0 radical (unpaired) electrons. The molecule has 1 aromatic carbocycles. The van der Waals surface area contributed by atoms with Crippen molar-refractivity contribution in [3.63, 3.8) is 0 Å². The molecular formula is C17H21ClN4. The van der Waals surface area contributed by atoms with Gasteiger partial charge in [0.25, 0.3) is 0 Å². The predicted molar refractivity (Wildman–Crippen MR) is 90.2 cm³/mol. The zero-order chi connectivity index (χ0) is 15.6. The Morgan fingerprint density at radius 3 is 2.27 bits per heavy atom. The normalized spacial score (nSPS) is 16.1. The molecule has 3 rings (SSSR count). The van der Waals surface area contributed by atoms with Crippen molar-refractivity contribution in [2.75, 3.05) is 19.0 Å². The lowest BCUT2D eigenvalue weighted by Gasteiger charge is -2.43. The van der Waals surface area contributed by atoms with Crippen molar-refractivity contribution >= 4 is 17.5 Å². The highest BCUT2D eigenvalue weighted by Gasteiger charge is 2.37. The Morgan fingerprint density at radius 2 is 1.77 bits per heavy atom. The Morgan fingerprint density at radius 1 is 1.14 bits per heavy atom. The van der Waals surface area contributed by atoms with Crippen LogP contribution in [-0.4, -0.2) is 24.1 Å². The van der Waals surface area contributed by atoms with E-state index in [-0.39, 0.29) is 5.54 Å². The molecule has 1 saturated carbocycles. The summed E-state index contributed by atoms with van der Waals surface area (Å²) in [4.78, 5) is 10.6. The van der Waals surface area contributed by atoms with Gasteiger partial charge in [-0.25, -0.2) is 9.97 Å². The number of aromatic nitrogens is 2. The Hall–Kier alpha value is -1.65. The van der Waals surface area contributed by atoms with Gasteiger partial charge in [-0.3, -0.25) is 0 Å². The molecule has 1 aliphatic carbocycles. The summed E-state index contributed by atoms with van der Waals surface area (Å²) in [6, 6.07) is 8.18. The Kier molecular flexibility index (Phi) is 4.32. The van der Waals surface area contributed by atoms with Crippen molar-refractivity contribution in [1.29, 1.82) is 0 Å². The molecule has 22 heavy (non-hydrogen) atoms. The average molecular weight is 317 g/mol. The number of anilines is 1. The minimum Gasteiger partial charge on any atom is -0.347 e. The van der Waals surface area contributed by atoms with E-state index in [4.69, 9.17) is 11.6 Å². The molecule has 5 heteroatoms. The molecule has 0 amide bonds. The molecule has 0 unspecified atom stereocenters. The molecule has 0 atom stereocenters. The number of hydrogen-bond donors (Lipinski definition) is 1. The van der Waals surface area contributed by atoms with Gasteiger partial charge < -0.3 is 10.2 Å². The molecule has 1 N–H and O–H groups in total. The van der Waals surface area contributed by atoms with E-state index in [1.54, 1.807) is 0 Å². The van der Waals surface area contributed by atoms with E-state index in [0.717, 1.165) is 35.9 Å². The Bertz CT molecular complexity index is 618. The van der Waals surface area contributed by atoms with Gasteiger partial charge in [0.1, 0.15) is 0 Å². The standard InChI is InChI=1S/C17H21ClN4/c1-22(2)16-19-10-13(11-20-16)12-21-17(8-3-9-17)14-4-6-15(18)7-5-14/h4-7,10-11,21H,3,8-9,12H2,1-2H3. The van der Waals surface area contributed by atoms with E-state index in [2.05, 4.69) is 27.4 Å². The van der Waals surface area contributed by atoms with E-state index < -0.39 is 0 Å². The fourth-order valence-corrected chi connectivity index (χ4v) is 2.93. The van der Waals surface area contributed by atoms with E-state index in [1.165, 1.54) is 12.0 Å². The lowest BCUT2D eigenvalue weighted by atomic mass is 9.72. The number of halogens is 1. The predicted octanol–water partition coefficient (Wildman–Crippen LogP) is 3.37. The first-order valence-corrected chi connectivity index (χ1v) is 7.96. The highest BCUT2D eigenvalue weighted by Crippen LogP contribution is 2.41. The summed E-state index contributed by atoms with van der Waals surface area (Å²) >= 11 is 6.00. The van der Waals surface area contributed by atoms with Gasteiger partial charge in [0.15, 0.2) is 0 Å². The van der Waals surface area contributed by atoms with Crippen LogP contribution in [0.3, 0.4) is 0 Å². The lowest BCUT2D eigenvalue weighted by Crippen LogP contribution is -2.47. The molecule has 4 nitrogen and oxygen atoms in total. The van der Waals surface area contributed by atoms with Crippen molar-refractivity contribution in [3.05, 3.63) is 52.8 Å². The first-order valence-electron chi connectivity index (χ1n) is 7.58. The molecule has 1 aromatic heterocycles. The van der Waals surface area contributed by atoms with Gasteiger partial charge in [0.05, 0.1) is 0 Å². The lowest BCUT2D eigenvalue weighted by molar-refractivity contribution is 0.183. The van der Waals surface area contributed by atoms with Crippen molar-refractivity contribution in [1.82, 2.24) is 15.3 Å². The van der Waals surface area contributed by atoms with Gasteiger partial charge in [-0.05, 0) is 37.0 Å². The van der Waals surface area contributed by atoms with Crippen molar-refractivity contribution in [3.8, 4) is 0 Å². The highest BCUT2D eigenvalue weighted by atomic mass is 35.5. The number of nitrogens with zero attached hydrogens (tertiary/aromatic N) is 3. The second-order valence-electron chi connectivity index (χ2n) is 6.08. The largest absolute Gasteiger partial charge is 0.347 e. The minimum atomic E-state index is 0.0742. The molecule has 116 valence electrons. The zero-order valence-electron chi connectivity index (χ0n) is 13.0. The molecule has 0 spiro atoms. The first kappa shape index (κ1) is 15.3. The maximum atomic E-state index is 6.00. The van der Waals surface area contributed by atoms with Crippen LogP contribution in [0.25, 0.3) is 0 Å². The number of benzene rings is 1. The molecular weight excluding hydrogens is 296 g/mol. The second kappa shape index (κ2) is 6.23. The minimum absolute atomic E-state index is 0.0742. The molecule has 1 heterocycles. The summed E-state index contributed by atoms with van der Waals surface area (Å²) in [5, 5.41) is 4.48. The van der Waals surface area contributed by atoms with E-state index in [1.807, 2.05) is 43.5 Å². The summed E-state index contributed by atoms with van der Waals surface area (Å²) < 4.78 is 0. The van der Waals surface area contributed by atoms with E-state index >= 15 is 0 Å². The van der Waals surface area contributed by atoms with Crippen LogP contribution in [0.4, 0.5) is 5.95 Å². The molecule has 1 aliphatic rings. The van der Waals surface area contributed by atoms with Crippen LogP contribution in [-0.2, 0) is 12.1 Å². The SMILES string of the molecule is CN(C)c1ncc(CNC2(c3ccc(Cl)cc3)CCC2)cn1. The molecule has 0 saturated heterocycles. The summed E-state index contributed by atoms with van der Waals surface area (Å²) in [5.74, 6) is 0.736. The van der Waals surface area contributed by atoms with Gasteiger partial charge >= 0.3 is 0 Å². The molecule has 1 fully saturated rings. The van der Waals surface area contributed by atoms with Gasteiger partial charge in [-0.1, -0.05) is 23.7 Å². The van der Waals surface area contributed by atoms with Crippen LogP contribution < -0.4 is 10.2 Å². The van der Waals surface area contributed by atoms with Crippen LogP contribution in [0.1, 0.15) is 30.4 Å². The highest BCUT2D eigenvalue weighted by molar-refractivity contribution is 6.30. The zero-order valence-corrected chi connectivity index (χ0v) is 13.8. The summed E-state index contributed by atoms with van der Waals surface area (Å²) in [7, 11) is 3.88. The first-order chi connectivity index (χ1) is 10.6. The molecule has 2 aromatic rings. The van der Waals surface area contributed by atoms with Gasteiger partial charge in [0.2, 0.25) is 5.95 Å². The summed E-state index contributed by atoms with van der Waals surface area (Å²) in [6.07, 6.45) is 7.36. The third kappa shape index (κ3) is 3.08. The number of rotatable bonds is 5. The van der Waals surface area contributed by atoms with Crippen molar-refractivity contribution in [2.45, 2.75) is 31.3 Å². The van der Waals surface area contributed by atoms with Crippen LogP contribution in [0.5, 0.6) is 0 Å². The quantitative estimate of drug-likeness (QED) is 0.918. The molecule has 0 aliphatic heterocycles. The average Bonchev–Trinajstić information content (AvgIpc) is 2.48. The van der Waals surface area contributed by atoms with Gasteiger partial charge in [0, 0.05) is 49.2 Å². The third-order valence-corrected chi connectivity index (χ3v) is 4.58. The Balaban J connectivity index is 1.69. The third-order valence-electron chi connectivity index (χ3n) is 4.33. The maximum Gasteiger partial charge on any atom is 0.224 e.